The van der Waals surface area contributed by atoms with E-state index >= 15 is 0 Å². The number of hydrogen-bond donors (Lipinski definition) is 3. The Labute approximate surface area is 287 Å². The lowest BCUT2D eigenvalue weighted by Crippen LogP contribution is -2.58. The van der Waals surface area contributed by atoms with E-state index in [1.54, 1.807) is 41.5 Å². The first-order valence-electron chi connectivity index (χ1n) is 16.8. The van der Waals surface area contributed by atoms with Crippen molar-refractivity contribution < 1.29 is 33.8 Å². The third kappa shape index (κ3) is 13.3. The van der Waals surface area contributed by atoms with Crippen LogP contribution < -0.4 is 10.6 Å². The first kappa shape index (κ1) is 40.3. The molecule has 0 aromatic heterocycles. The highest BCUT2D eigenvalue weighted by Gasteiger charge is 2.40. The lowest BCUT2D eigenvalue weighted by Gasteiger charge is -2.39. The quantitative estimate of drug-likeness (QED) is 0.212. The van der Waals surface area contributed by atoms with Gasteiger partial charge in [0.1, 0.15) is 29.3 Å². The predicted octanol–water partition coefficient (Wildman–Crippen LogP) is 5.95. The van der Waals surface area contributed by atoms with Gasteiger partial charge in [-0.15, -0.1) is 0 Å². The lowest BCUT2D eigenvalue weighted by atomic mass is 9.94. The van der Waals surface area contributed by atoms with Crippen LogP contribution in [-0.4, -0.2) is 69.8 Å². The van der Waals surface area contributed by atoms with Crippen LogP contribution in [0.15, 0.2) is 48.5 Å². The molecule has 10 nitrogen and oxygen atoms in total. The summed E-state index contributed by atoms with van der Waals surface area (Å²) in [5.74, 6) is -1.54. The minimum absolute atomic E-state index is 0.164. The number of aliphatic hydroxyl groups is 1. The number of hydrogen-bond acceptors (Lipinski definition) is 7. The zero-order valence-electron chi connectivity index (χ0n) is 30.7. The molecule has 0 spiro atoms. The third-order valence-corrected chi connectivity index (χ3v) is 7.44. The number of aryl methyl sites for hydroxylation is 2. The van der Waals surface area contributed by atoms with Crippen LogP contribution in [0.3, 0.4) is 0 Å². The summed E-state index contributed by atoms with van der Waals surface area (Å²) >= 11 is 0. The number of carbonyl (C=O) groups excluding carboxylic acids is 4. The highest BCUT2D eigenvalue weighted by molar-refractivity contribution is 5.94. The fourth-order valence-corrected chi connectivity index (χ4v) is 5.40. The van der Waals surface area contributed by atoms with Crippen molar-refractivity contribution in [1.29, 1.82) is 0 Å². The summed E-state index contributed by atoms with van der Waals surface area (Å²) in [4.78, 5) is 56.9. The number of amides is 3. The van der Waals surface area contributed by atoms with Crippen LogP contribution in [0.5, 0.6) is 0 Å². The van der Waals surface area contributed by atoms with Crippen LogP contribution >= 0.6 is 0 Å². The fraction of sp³-hybridized carbons (Fsp3) is 0.579. The molecule has 10 heteroatoms. The molecule has 3 N–H and O–H groups in total. The van der Waals surface area contributed by atoms with E-state index in [1.165, 1.54) is 4.90 Å². The van der Waals surface area contributed by atoms with Crippen molar-refractivity contribution in [2.75, 3.05) is 6.61 Å². The van der Waals surface area contributed by atoms with Crippen molar-refractivity contribution >= 4 is 23.9 Å². The second-order valence-corrected chi connectivity index (χ2v) is 15.1. The summed E-state index contributed by atoms with van der Waals surface area (Å²) in [5.41, 5.74) is 1.46. The van der Waals surface area contributed by atoms with Gasteiger partial charge in [0.15, 0.2) is 0 Å². The number of esters is 1. The number of nitrogens with one attached hydrogen (secondary N) is 2. The van der Waals surface area contributed by atoms with Gasteiger partial charge in [0, 0.05) is 12.5 Å². The standard InChI is InChI=1S/C38H57N3O7/c1-24(2)17-18-27(5)41(34(44)31(23-42)40-36(46)48-38(9,10)11)32(29-20-25(3)19-26(4)21-29)33(43)39-30(35(45)47-37(6,7)8)22-28-15-13-12-14-16-28/h12-16,19-21,24,27,30-32,42H,17-18,22-23H2,1-11H3,(H,39,43)(H,40,46). The lowest BCUT2D eigenvalue weighted by molar-refractivity contribution is -0.159. The van der Waals surface area contributed by atoms with Gasteiger partial charge in [-0.2, -0.15) is 0 Å². The molecule has 2 rings (SSSR count). The molecule has 4 atom stereocenters. The minimum Gasteiger partial charge on any atom is -0.458 e. The average molecular weight is 668 g/mol. The Kier molecular flexibility index (Phi) is 14.7. The van der Waals surface area contributed by atoms with Gasteiger partial charge < -0.3 is 30.1 Å². The van der Waals surface area contributed by atoms with Crippen LogP contribution in [0.1, 0.15) is 103 Å². The zero-order valence-corrected chi connectivity index (χ0v) is 30.7. The number of carbonyl (C=O) groups is 4. The number of benzene rings is 2. The summed E-state index contributed by atoms with van der Waals surface area (Å²) in [6, 6.07) is 10.8. The van der Waals surface area contributed by atoms with Crippen LogP contribution in [0, 0.1) is 19.8 Å². The number of rotatable bonds is 14. The molecule has 4 unspecified atom stereocenters. The second-order valence-electron chi connectivity index (χ2n) is 15.1. The third-order valence-electron chi connectivity index (χ3n) is 7.44. The summed E-state index contributed by atoms with van der Waals surface area (Å²) < 4.78 is 11.1. The van der Waals surface area contributed by atoms with Crippen LogP contribution in [0.4, 0.5) is 4.79 Å². The monoisotopic (exact) mass is 667 g/mol. The molecule has 2 aromatic carbocycles. The molecule has 0 aliphatic carbocycles. The van der Waals surface area contributed by atoms with Crippen LogP contribution in [-0.2, 0) is 30.3 Å². The molecule has 0 saturated heterocycles. The number of ether oxygens (including phenoxy) is 2. The molecular weight excluding hydrogens is 610 g/mol. The fourth-order valence-electron chi connectivity index (χ4n) is 5.40. The summed E-state index contributed by atoms with van der Waals surface area (Å²) in [6.07, 6.45) is 0.591. The Morgan fingerprint density at radius 3 is 1.85 bits per heavy atom. The first-order valence-corrected chi connectivity index (χ1v) is 16.8. The Balaban J connectivity index is 2.70. The van der Waals surface area contributed by atoms with Gasteiger partial charge in [0.25, 0.3) is 0 Å². The molecule has 0 aliphatic heterocycles. The van der Waals surface area contributed by atoms with Gasteiger partial charge in [0.05, 0.1) is 6.61 Å². The highest BCUT2D eigenvalue weighted by atomic mass is 16.6. The van der Waals surface area contributed by atoms with E-state index in [0.29, 0.717) is 17.9 Å². The van der Waals surface area contributed by atoms with Crippen molar-refractivity contribution in [1.82, 2.24) is 15.5 Å². The van der Waals surface area contributed by atoms with Crippen molar-refractivity contribution in [2.45, 2.75) is 131 Å². The molecule has 266 valence electrons. The molecule has 3 amide bonds. The summed E-state index contributed by atoms with van der Waals surface area (Å²) in [7, 11) is 0. The maximum absolute atomic E-state index is 14.7. The maximum Gasteiger partial charge on any atom is 0.408 e. The van der Waals surface area contributed by atoms with Crippen LogP contribution in [0.2, 0.25) is 0 Å². The van der Waals surface area contributed by atoms with Gasteiger partial charge >= 0.3 is 12.1 Å². The number of aliphatic hydroxyl groups excluding tert-OH is 1. The van der Waals surface area contributed by atoms with Crippen molar-refractivity contribution in [3.8, 4) is 0 Å². The Morgan fingerprint density at radius 2 is 1.35 bits per heavy atom. The predicted molar refractivity (Wildman–Crippen MR) is 187 cm³/mol. The Hall–Kier alpha value is -3.92. The molecular formula is C38H57N3O7. The van der Waals surface area contributed by atoms with Crippen molar-refractivity contribution in [3.63, 3.8) is 0 Å². The summed E-state index contributed by atoms with van der Waals surface area (Å²) in [6.45, 7) is 19.4. The van der Waals surface area contributed by atoms with E-state index in [4.69, 9.17) is 9.47 Å². The van der Waals surface area contributed by atoms with E-state index in [9.17, 15) is 24.3 Å². The summed E-state index contributed by atoms with van der Waals surface area (Å²) in [5, 5.41) is 15.8. The Morgan fingerprint density at radius 1 is 0.792 bits per heavy atom. The van der Waals surface area contributed by atoms with Crippen LogP contribution in [0.25, 0.3) is 0 Å². The van der Waals surface area contributed by atoms with E-state index in [-0.39, 0.29) is 6.42 Å². The molecule has 0 radical (unpaired) electrons. The van der Waals surface area contributed by atoms with Gasteiger partial charge in [-0.1, -0.05) is 73.5 Å². The SMILES string of the molecule is Cc1cc(C)cc(C(C(=O)NC(Cc2ccccc2)C(=O)OC(C)(C)C)N(C(=O)C(CO)NC(=O)OC(C)(C)C)C(C)CCC(C)C)c1. The second kappa shape index (κ2) is 17.5. The van der Waals surface area contributed by atoms with Gasteiger partial charge in [0.2, 0.25) is 11.8 Å². The smallest absolute Gasteiger partial charge is 0.408 e. The number of alkyl carbamates (subject to hydrolysis) is 1. The van der Waals surface area contributed by atoms with Crippen molar-refractivity contribution in [2.24, 2.45) is 5.92 Å². The van der Waals surface area contributed by atoms with E-state index < -0.39 is 65.9 Å². The van der Waals surface area contributed by atoms with E-state index in [0.717, 1.165) is 23.1 Å². The minimum atomic E-state index is -1.39. The van der Waals surface area contributed by atoms with Gasteiger partial charge in [-0.25, -0.2) is 9.59 Å². The first-order chi connectivity index (χ1) is 22.2. The van der Waals surface area contributed by atoms with Gasteiger partial charge in [-0.05, 0) is 92.2 Å². The van der Waals surface area contributed by atoms with Gasteiger partial charge in [-0.3, -0.25) is 9.59 Å². The molecule has 0 saturated carbocycles. The molecule has 0 heterocycles. The average Bonchev–Trinajstić information content (AvgIpc) is 2.94. The topological polar surface area (TPSA) is 134 Å². The van der Waals surface area contributed by atoms with Crippen molar-refractivity contribution in [3.05, 3.63) is 70.8 Å². The zero-order chi connectivity index (χ0) is 36.4. The molecule has 0 aliphatic rings. The Bertz CT molecular complexity index is 1360. The normalized spacial score (nSPS) is 14.4. The molecule has 0 fully saturated rings. The largest absolute Gasteiger partial charge is 0.458 e. The molecule has 48 heavy (non-hydrogen) atoms. The van der Waals surface area contributed by atoms with E-state index in [2.05, 4.69) is 24.5 Å². The highest BCUT2D eigenvalue weighted by Crippen LogP contribution is 2.29. The molecule has 2 aromatic rings. The number of nitrogens with zero attached hydrogens (tertiary/aromatic N) is 1. The molecule has 0 bridgehead atoms. The maximum atomic E-state index is 14.7. The van der Waals surface area contributed by atoms with E-state index in [1.807, 2.05) is 69.3 Å².